The minimum Gasteiger partial charge on any atom is -0.444 e. The quantitative estimate of drug-likeness (QED) is 0.599. The predicted molar refractivity (Wildman–Crippen MR) is 133 cm³/mol. The van der Waals surface area contributed by atoms with E-state index in [9.17, 15) is 21.6 Å². The summed E-state index contributed by atoms with van der Waals surface area (Å²) in [6.45, 7) is 7.90. The van der Waals surface area contributed by atoms with Gasteiger partial charge in [-0.3, -0.25) is 4.90 Å². The normalized spacial score (nSPS) is 22.9. The first-order valence-electron chi connectivity index (χ1n) is 12.0. The molecule has 1 aromatic rings. The second-order valence-corrected chi connectivity index (χ2v) is 14.2. The molecule has 1 aliphatic carbocycles. The Bertz CT molecular complexity index is 1090. The van der Waals surface area contributed by atoms with Gasteiger partial charge in [0.1, 0.15) is 5.60 Å². The van der Waals surface area contributed by atoms with Gasteiger partial charge in [0.15, 0.2) is 0 Å². The first-order chi connectivity index (χ1) is 16.2. The van der Waals surface area contributed by atoms with E-state index in [4.69, 9.17) is 4.74 Å². The van der Waals surface area contributed by atoms with E-state index in [1.807, 2.05) is 20.8 Å². The molecule has 1 aromatic carbocycles. The number of ether oxygens (including phenoxy) is 1. The Labute approximate surface area is 209 Å². The highest BCUT2D eigenvalue weighted by Crippen LogP contribution is 2.27. The molecule has 2 fully saturated rings. The van der Waals surface area contributed by atoms with Gasteiger partial charge in [0.25, 0.3) is 0 Å². The first kappa shape index (κ1) is 27.9. The summed E-state index contributed by atoms with van der Waals surface area (Å²) < 4.78 is 60.3. The van der Waals surface area contributed by atoms with Gasteiger partial charge in [-0.05, 0) is 57.9 Å². The topological polar surface area (TPSA) is 116 Å². The SMILES string of the molecule is CN(C)S(=O)(=O)c1ccc(S(=O)(=O)NC2CCCCC2N2CCN(C(=O)OC(C)(C)C)CC2)cc1. The van der Waals surface area contributed by atoms with Crippen molar-refractivity contribution in [1.29, 1.82) is 0 Å². The van der Waals surface area contributed by atoms with Crippen molar-refractivity contribution in [3.63, 3.8) is 0 Å². The third-order valence-electron chi connectivity index (χ3n) is 6.38. The lowest BCUT2D eigenvalue weighted by Gasteiger charge is -2.44. The van der Waals surface area contributed by atoms with Crippen LogP contribution in [0.4, 0.5) is 4.79 Å². The first-order valence-corrected chi connectivity index (χ1v) is 14.9. The summed E-state index contributed by atoms with van der Waals surface area (Å²) in [7, 11) is -4.61. The molecule has 1 amide bonds. The molecular weight excluding hydrogens is 492 g/mol. The van der Waals surface area contributed by atoms with E-state index in [2.05, 4.69) is 9.62 Å². The Morgan fingerprint density at radius 2 is 1.49 bits per heavy atom. The summed E-state index contributed by atoms with van der Waals surface area (Å²) in [5.74, 6) is 0. The van der Waals surface area contributed by atoms with E-state index >= 15 is 0 Å². The molecule has 12 heteroatoms. The van der Waals surface area contributed by atoms with Gasteiger partial charge in [0.2, 0.25) is 20.0 Å². The number of hydrogen-bond donors (Lipinski definition) is 1. The Kier molecular flexibility index (Phi) is 8.53. The van der Waals surface area contributed by atoms with Gasteiger partial charge in [0, 0.05) is 52.4 Å². The molecule has 1 saturated carbocycles. The fourth-order valence-corrected chi connectivity index (χ4v) is 6.72. The van der Waals surface area contributed by atoms with Crippen molar-refractivity contribution in [2.75, 3.05) is 40.3 Å². The maximum atomic E-state index is 13.1. The van der Waals surface area contributed by atoms with E-state index in [1.165, 1.54) is 38.4 Å². The lowest BCUT2D eigenvalue weighted by Crippen LogP contribution is -2.59. The van der Waals surface area contributed by atoms with Crippen LogP contribution in [-0.2, 0) is 24.8 Å². The van der Waals surface area contributed by atoms with E-state index in [1.54, 1.807) is 4.90 Å². The number of piperazine rings is 1. The molecule has 0 bridgehead atoms. The second kappa shape index (κ2) is 10.7. The Morgan fingerprint density at radius 3 is 2.03 bits per heavy atom. The van der Waals surface area contributed by atoms with Crippen LogP contribution in [0, 0.1) is 0 Å². The number of sulfonamides is 2. The summed E-state index contributed by atoms with van der Waals surface area (Å²) in [4.78, 5) is 16.4. The third-order valence-corrected chi connectivity index (χ3v) is 9.72. The van der Waals surface area contributed by atoms with Crippen LogP contribution in [-0.4, -0.2) is 95.0 Å². The van der Waals surface area contributed by atoms with E-state index in [-0.39, 0.29) is 28.0 Å². The summed E-state index contributed by atoms with van der Waals surface area (Å²) in [5, 5.41) is 0. The van der Waals surface area contributed by atoms with Crippen molar-refractivity contribution in [1.82, 2.24) is 18.8 Å². The van der Waals surface area contributed by atoms with E-state index in [0.29, 0.717) is 26.2 Å². The van der Waals surface area contributed by atoms with Gasteiger partial charge in [-0.1, -0.05) is 12.8 Å². The van der Waals surface area contributed by atoms with E-state index in [0.717, 1.165) is 30.0 Å². The Balaban J connectivity index is 1.66. The maximum absolute atomic E-state index is 13.1. The van der Waals surface area contributed by atoms with Crippen LogP contribution in [0.15, 0.2) is 34.1 Å². The van der Waals surface area contributed by atoms with Crippen LogP contribution >= 0.6 is 0 Å². The molecule has 2 aliphatic rings. The average Bonchev–Trinajstić information content (AvgIpc) is 2.78. The number of amides is 1. The van der Waals surface area contributed by atoms with Crippen molar-refractivity contribution in [2.45, 2.75) is 73.9 Å². The molecular formula is C23H38N4O6S2. The Hall–Kier alpha value is -1.73. The van der Waals surface area contributed by atoms with Crippen LogP contribution in [0.25, 0.3) is 0 Å². The predicted octanol–water partition coefficient (Wildman–Crippen LogP) is 2.08. The molecule has 1 heterocycles. The summed E-state index contributed by atoms with van der Waals surface area (Å²) in [6, 6.07) is 5.07. The van der Waals surface area contributed by atoms with Crippen molar-refractivity contribution >= 4 is 26.1 Å². The van der Waals surface area contributed by atoms with Crippen molar-refractivity contribution < 1.29 is 26.4 Å². The van der Waals surface area contributed by atoms with Crippen molar-refractivity contribution in [3.05, 3.63) is 24.3 Å². The molecule has 0 aromatic heterocycles. The molecule has 2 atom stereocenters. The maximum Gasteiger partial charge on any atom is 0.410 e. The van der Waals surface area contributed by atoms with Gasteiger partial charge in [-0.2, -0.15) is 0 Å². The summed E-state index contributed by atoms with van der Waals surface area (Å²) in [6.07, 6.45) is 3.23. The number of carbonyl (C=O) groups is 1. The van der Waals surface area contributed by atoms with Crippen molar-refractivity contribution in [2.24, 2.45) is 0 Å². The second-order valence-electron chi connectivity index (χ2n) is 10.3. The van der Waals surface area contributed by atoms with Gasteiger partial charge in [0.05, 0.1) is 9.79 Å². The van der Waals surface area contributed by atoms with Crippen LogP contribution in [0.2, 0.25) is 0 Å². The van der Waals surface area contributed by atoms with Crippen LogP contribution in [0.5, 0.6) is 0 Å². The highest BCUT2D eigenvalue weighted by atomic mass is 32.2. The molecule has 2 unspecified atom stereocenters. The number of hydrogen-bond acceptors (Lipinski definition) is 7. The fourth-order valence-electron chi connectivity index (χ4n) is 4.52. The number of benzene rings is 1. The number of rotatable bonds is 6. The van der Waals surface area contributed by atoms with Crippen LogP contribution in [0.3, 0.4) is 0 Å². The van der Waals surface area contributed by atoms with Gasteiger partial charge >= 0.3 is 6.09 Å². The number of carbonyl (C=O) groups excluding carboxylic acids is 1. The largest absolute Gasteiger partial charge is 0.444 e. The molecule has 10 nitrogen and oxygen atoms in total. The van der Waals surface area contributed by atoms with Crippen molar-refractivity contribution in [3.8, 4) is 0 Å². The van der Waals surface area contributed by atoms with Gasteiger partial charge < -0.3 is 9.64 Å². The third kappa shape index (κ3) is 6.94. The highest BCUT2D eigenvalue weighted by Gasteiger charge is 2.36. The zero-order valence-electron chi connectivity index (χ0n) is 21.2. The zero-order chi connectivity index (χ0) is 26.0. The monoisotopic (exact) mass is 530 g/mol. The lowest BCUT2D eigenvalue weighted by molar-refractivity contribution is 0.00635. The van der Waals surface area contributed by atoms with Gasteiger partial charge in [-0.15, -0.1) is 0 Å². The molecule has 1 N–H and O–H groups in total. The Morgan fingerprint density at radius 1 is 0.943 bits per heavy atom. The minimum absolute atomic E-state index is 0.0349. The molecule has 198 valence electrons. The minimum atomic E-state index is -3.83. The average molecular weight is 531 g/mol. The van der Waals surface area contributed by atoms with E-state index < -0.39 is 25.6 Å². The van der Waals surface area contributed by atoms with Crippen LogP contribution < -0.4 is 4.72 Å². The molecule has 35 heavy (non-hydrogen) atoms. The summed E-state index contributed by atoms with van der Waals surface area (Å²) >= 11 is 0. The number of nitrogens with zero attached hydrogens (tertiary/aromatic N) is 3. The standard InChI is InChI=1S/C23H38N4O6S2/c1-23(2,3)33-22(28)27-16-14-26(15-17-27)21-9-7-6-8-20(21)24-34(29,30)18-10-12-19(13-11-18)35(31,32)25(4)5/h10-13,20-21,24H,6-9,14-17H2,1-5H3. The molecule has 1 saturated heterocycles. The zero-order valence-corrected chi connectivity index (χ0v) is 22.9. The fraction of sp³-hybridized carbons (Fsp3) is 0.696. The molecule has 0 spiro atoms. The molecule has 3 rings (SSSR count). The summed E-state index contributed by atoms with van der Waals surface area (Å²) in [5.41, 5.74) is -0.546. The van der Waals surface area contributed by atoms with Crippen LogP contribution in [0.1, 0.15) is 46.5 Å². The highest BCUT2D eigenvalue weighted by molar-refractivity contribution is 7.89. The lowest BCUT2D eigenvalue weighted by atomic mass is 9.89. The molecule has 1 aliphatic heterocycles. The molecule has 0 radical (unpaired) electrons. The smallest absolute Gasteiger partial charge is 0.410 e. The number of nitrogens with one attached hydrogen (secondary N) is 1. The van der Waals surface area contributed by atoms with Gasteiger partial charge in [-0.25, -0.2) is 30.7 Å².